The average Bonchev–Trinajstić information content (AvgIpc) is 2.92. The van der Waals surface area contributed by atoms with Gasteiger partial charge in [-0.25, -0.2) is 0 Å². The van der Waals surface area contributed by atoms with Crippen LogP contribution in [0.3, 0.4) is 0 Å². The van der Waals surface area contributed by atoms with E-state index in [0.29, 0.717) is 23.0 Å². The lowest BCUT2D eigenvalue weighted by atomic mass is 10.1. The van der Waals surface area contributed by atoms with Crippen molar-refractivity contribution in [3.05, 3.63) is 35.9 Å². The summed E-state index contributed by atoms with van der Waals surface area (Å²) in [5.41, 5.74) is 0.555. The third-order valence-corrected chi connectivity index (χ3v) is 4.77. The zero-order chi connectivity index (χ0) is 16.5. The highest BCUT2D eigenvalue weighted by Crippen LogP contribution is 2.21. The Morgan fingerprint density at radius 3 is 2.57 bits per heavy atom. The number of unbranched alkanes of at least 4 members (excludes halogenated alkanes) is 5. The first-order valence-corrected chi connectivity index (χ1v) is 9.32. The molecule has 0 unspecified atom stereocenters. The van der Waals surface area contributed by atoms with Crippen molar-refractivity contribution < 1.29 is 9.59 Å². The zero-order valence-corrected chi connectivity index (χ0v) is 14.5. The maximum atomic E-state index is 12.2. The average molecular weight is 332 g/mol. The number of amidine groups is 1. The van der Waals surface area contributed by atoms with E-state index in [1.807, 2.05) is 18.2 Å². The standard InChI is InChI=1S/C18H24N2O2S/c1-2-3-4-5-6-10-13-20-16(21)14-23-18(20)19-17(22)15-11-8-7-9-12-15/h7-9,11-12H,2-6,10,13-14H2,1H3. The van der Waals surface area contributed by atoms with Gasteiger partial charge in [0.05, 0.1) is 5.75 Å². The molecule has 0 atom stereocenters. The highest BCUT2D eigenvalue weighted by Gasteiger charge is 2.28. The Bertz CT molecular complexity index is 557. The van der Waals surface area contributed by atoms with Crippen LogP contribution in [0.25, 0.3) is 0 Å². The van der Waals surface area contributed by atoms with E-state index in [9.17, 15) is 9.59 Å². The highest BCUT2D eigenvalue weighted by atomic mass is 32.2. The van der Waals surface area contributed by atoms with Crippen LogP contribution in [0.1, 0.15) is 55.8 Å². The van der Waals surface area contributed by atoms with E-state index in [0.717, 1.165) is 12.8 Å². The van der Waals surface area contributed by atoms with Gasteiger partial charge in [-0.15, -0.1) is 0 Å². The molecule has 0 bridgehead atoms. The Balaban J connectivity index is 1.88. The van der Waals surface area contributed by atoms with Crippen molar-refractivity contribution in [1.29, 1.82) is 0 Å². The van der Waals surface area contributed by atoms with Crippen LogP contribution in [-0.2, 0) is 4.79 Å². The summed E-state index contributed by atoms with van der Waals surface area (Å²) >= 11 is 1.36. The molecule has 0 aliphatic carbocycles. The number of rotatable bonds is 8. The Kier molecular flexibility index (Phi) is 7.33. The minimum Gasteiger partial charge on any atom is -0.290 e. The molecule has 1 aromatic rings. The summed E-state index contributed by atoms with van der Waals surface area (Å²) in [6.07, 6.45) is 7.06. The minimum absolute atomic E-state index is 0.0585. The number of benzene rings is 1. The molecule has 2 rings (SSSR count). The number of carbonyl (C=O) groups is 2. The van der Waals surface area contributed by atoms with Crippen molar-refractivity contribution in [2.45, 2.75) is 45.4 Å². The smallest absolute Gasteiger partial charge is 0.279 e. The molecule has 1 aliphatic heterocycles. The van der Waals surface area contributed by atoms with Gasteiger partial charge < -0.3 is 0 Å². The number of nitrogens with zero attached hydrogens (tertiary/aromatic N) is 2. The van der Waals surface area contributed by atoms with E-state index in [1.54, 1.807) is 17.0 Å². The highest BCUT2D eigenvalue weighted by molar-refractivity contribution is 8.15. The van der Waals surface area contributed by atoms with E-state index >= 15 is 0 Å². The van der Waals surface area contributed by atoms with Gasteiger partial charge in [0.25, 0.3) is 5.91 Å². The summed E-state index contributed by atoms with van der Waals surface area (Å²) in [6.45, 7) is 2.87. The lowest BCUT2D eigenvalue weighted by molar-refractivity contribution is -0.124. The summed E-state index contributed by atoms with van der Waals surface area (Å²) in [7, 11) is 0. The molecule has 1 saturated heterocycles. The zero-order valence-electron chi connectivity index (χ0n) is 13.7. The second-order valence-electron chi connectivity index (χ2n) is 5.67. The fraction of sp³-hybridized carbons (Fsp3) is 0.500. The first-order valence-electron chi connectivity index (χ1n) is 8.33. The lowest BCUT2D eigenvalue weighted by Gasteiger charge is -2.15. The molecular formula is C18H24N2O2S. The summed E-state index contributed by atoms with van der Waals surface area (Å²) < 4.78 is 0. The topological polar surface area (TPSA) is 49.7 Å². The van der Waals surface area contributed by atoms with Crippen molar-refractivity contribution in [2.75, 3.05) is 12.3 Å². The van der Waals surface area contributed by atoms with Gasteiger partial charge in [-0.1, -0.05) is 69.0 Å². The van der Waals surface area contributed by atoms with Gasteiger partial charge in [-0.05, 0) is 18.6 Å². The molecule has 5 heteroatoms. The fourth-order valence-corrected chi connectivity index (χ4v) is 3.39. The second-order valence-corrected chi connectivity index (χ2v) is 6.61. The molecule has 1 aromatic carbocycles. The number of aliphatic imine (C=N–C) groups is 1. The first-order chi connectivity index (χ1) is 11.2. The van der Waals surface area contributed by atoms with Crippen LogP contribution in [-0.4, -0.2) is 34.2 Å². The van der Waals surface area contributed by atoms with Gasteiger partial charge in [-0.2, -0.15) is 4.99 Å². The molecule has 1 heterocycles. The molecule has 23 heavy (non-hydrogen) atoms. The van der Waals surface area contributed by atoms with E-state index in [2.05, 4.69) is 11.9 Å². The van der Waals surface area contributed by atoms with Gasteiger partial charge in [-0.3, -0.25) is 14.5 Å². The molecular weight excluding hydrogens is 308 g/mol. The van der Waals surface area contributed by atoms with Crippen LogP contribution in [0.5, 0.6) is 0 Å². The number of carbonyl (C=O) groups excluding carboxylic acids is 2. The van der Waals surface area contributed by atoms with Gasteiger partial charge in [0, 0.05) is 12.1 Å². The van der Waals surface area contributed by atoms with E-state index in [-0.39, 0.29) is 11.8 Å². The quantitative estimate of drug-likeness (QED) is 0.673. The van der Waals surface area contributed by atoms with Crippen molar-refractivity contribution in [3.8, 4) is 0 Å². The van der Waals surface area contributed by atoms with Gasteiger partial charge in [0.2, 0.25) is 5.91 Å². The third-order valence-electron chi connectivity index (χ3n) is 3.81. The molecule has 0 spiro atoms. The van der Waals surface area contributed by atoms with Crippen molar-refractivity contribution in [1.82, 2.24) is 4.90 Å². The molecule has 1 aliphatic rings. The summed E-state index contributed by atoms with van der Waals surface area (Å²) in [6, 6.07) is 8.98. The predicted octanol–water partition coefficient (Wildman–Crippen LogP) is 4.12. The summed E-state index contributed by atoms with van der Waals surface area (Å²) in [4.78, 5) is 30.0. The van der Waals surface area contributed by atoms with Crippen LogP contribution in [0, 0.1) is 0 Å². The van der Waals surface area contributed by atoms with Crippen molar-refractivity contribution in [3.63, 3.8) is 0 Å². The Hall–Kier alpha value is -1.62. The molecule has 4 nitrogen and oxygen atoms in total. The van der Waals surface area contributed by atoms with E-state index in [4.69, 9.17) is 0 Å². The van der Waals surface area contributed by atoms with Crippen LogP contribution in [0.2, 0.25) is 0 Å². The summed E-state index contributed by atoms with van der Waals surface area (Å²) in [5.74, 6) is 0.162. The summed E-state index contributed by atoms with van der Waals surface area (Å²) in [5, 5.41) is 0.553. The van der Waals surface area contributed by atoms with E-state index in [1.165, 1.54) is 37.4 Å². The number of hydrogen-bond acceptors (Lipinski definition) is 3. The maximum absolute atomic E-state index is 12.2. The van der Waals surface area contributed by atoms with Crippen molar-refractivity contribution in [2.24, 2.45) is 4.99 Å². The number of amides is 2. The van der Waals surface area contributed by atoms with E-state index < -0.39 is 0 Å². The second kappa shape index (κ2) is 9.50. The Labute approximate surface area is 142 Å². The largest absolute Gasteiger partial charge is 0.290 e. The third kappa shape index (κ3) is 5.50. The molecule has 2 amide bonds. The lowest BCUT2D eigenvalue weighted by Crippen LogP contribution is -2.31. The molecule has 0 saturated carbocycles. The SMILES string of the molecule is CCCCCCCCN1C(=O)CSC1=NC(=O)c1ccccc1. The number of thioether (sulfide) groups is 1. The van der Waals surface area contributed by atoms with Gasteiger partial charge in [0.15, 0.2) is 5.17 Å². The molecule has 0 aromatic heterocycles. The molecule has 0 radical (unpaired) electrons. The Morgan fingerprint density at radius 1 is 1.13 bits per heavy atom. The predicted molar refractivity (Wildman–Crippen MR) is 95.8 cm³/mol. The monoisotopic (exact) mass is 332 g/mol. The maximum Gasteiger partial charge on any atom is 0.279 e. The van der Waals surface area contributed by atoms with Gasteiger partial charge in [0.1, 0.15) is 0 Å². The van der Waals surface area contributed by atoms with Gasteiger partial charge >= 0.3 is 0 Å². The van der Waals surface area contributed by atoms with Crippen LogP contribution in [0.4, 0.5) is 0 Å². The molecule has 0 N–H and O–H groups in total. The van der Waals surface area contributed by atoms with Crippen molar-refractivity contribution >= 4 is 28.7 Å². The minimum atomic E-state index is -0.282. The van der Waals surface area contributed by atoms with Crippen LogP contribution in [0.15, 0.2) is 35.3 Å². The van der Waals surface area contributed by atoms with Crippen LogP contribution < -0.4 is 0 Å². The fourth-order valence-electron chi connectivity index (χ4n) is 2.48. The first kappa shape index (κ1) is 17.7. The molecule has 1 fully saturated rings. The normalized spacial score (nSPS) is 16.3. The number of hydrogen-bond donors (Lipinski definition) is 0. The Morgan fingerprint density at radius 2 is 1.83 bits per heavy atom. The van der Waals surface area contributed by atoms with Crippen LogP contribution >= 0.6 is 11.8 Å². The molecule has 124 valence electrons.